The monoisotopic (exact) mass is 259 g/mol. The standard InChI is InChI=1S/C17H25NO/c1-17(2,3)18-14-9-5-4-8-13(14)12-19-16-11-7-6-10-15(16)18/h6-7,10-11,13-14H,4-5,8-9,12H2,1-3H3. The number of hydrogen-bond acceptors (Lipinski definition) is 2. The molecule has 2 unspecified atom stereocenters. The molecule has 19 heavy (non-hydrogen) atoms. The number of benzene rings is 1. The van der Waals surface area contributed by atoms with E-state index in [1.807, 2.05) is 0 Å². The van der Waals surface area contributed by atoms with Crippen molar-refractivity contribution in [3.05, 3.63) is 24.3 Å². The van der Waals surface area contributed by atoms with E-state index < -0.39 is 0 Å². The Labute approximate surface area is 116 Å². The van der Waals surface area contributed by atoms with E-state index in [9.17, 15) is 0 Å². The maximum absolute atomic E-state index is 6.10. The highest BCUT2D eigenvalue weighted by Gasteiger charge is 2.39. The zero-order chi connectivity index (χ0) is 13.5. The summed E-state index contributed by atoms with van der Waals surface area (Å²) in [5, 5.41) is 0. The second-order valence-corrected chi connectivity index (χ2v) is 6.93. The van der Waals surface area contributed by atoms with Gasteiger partial charge in [-0.2, -0.15) is 0 Å². The topological polar surface area (TPSA) is 12.5 Å². The molecule has 1 aromatic carbocycles. The Morgan fingerprint density at radius 1 is 1.11 bits per heavy atom. The molecule has 2 aliphatic rings. The van der Waals surface area contributed by atoms with Crippen molar-refractivity contribution in [1.82, 2.24) is 0 Å². The first-order valence-corrected chi connectivity index (χ1v) is 7.58. The van der Waals surface area contributed by atoms with Crippen LogP contribution in [-0.2, 0) is 0 Å². The molecule has 1 aliphatic heterocycles. The molecular weight excluding hydrogens is 234 g/mol. The molecule has 0 aromatic heterocycles. The van der Waals surface area contributed by atoms with E-state index in [2.05, 4.69) is 49.9 Å². The van der Waals surface area contributed by atoms with Crippen LogP contribution in [0.1, 0.15) is 46.5 Å². The summed E-state index contributed by atoms with van der Waals surface area (Å²) in [6.45, 7) is 7.84. The number of para-hydroxylation sites is 2. The lowest BCUT2D eigenvalue weighted by Gasteiger charge is -2.46. The van der Waals surface area contributed by atoms with Crippen molar-refractivity contribution in [1.29, 1.82) is 0 Å². The third-order valence-corrected chi connectivity index (χ3v) is 4.50. The second-order valence-electron chi connectivity index (χ2n) is 6.93. The van der Waals surface area contributed by atoms with Gasteiger partial charge in [0.1, 0.15) is 5.75 Å². The maximum Gasteiger partial charge on any atom is 0.142 e. The van der Waals surface area contributed by atoms with Crippen LogP contribution in [-0.4, -0.2) is 18.2 Å². The van der Waals surface area contributed by atoms with Crippen molar-refractivity contribution in [2.45, 2.75) is 58.0 Å². The summed E-state index contributed by atoms with van der Waals surface area (Å²) < 4.78 is 6.10. The molecule has 104 valence electrons. The normalized spacial score (nSPS) is 27.0. The predicted molar refractivity (Wildman–Crippen MR) is 79.9 cm³/mol. The Morgan fingerprint density at radius 2 is 1.84 bits per heavy atom. The van der Waals surface area contributed by atoms with Gasteiger partial charge in [-0.1, -0.05) is 25.0 Å². The molecule has 2 atom stereocenters. The summed E-state index contributed by atoms with van der Waals surface area (Å²) >= 11 is 0. The molecule has 0 bridgehead atoms. The van der Waals surface area contributed by atoms with Crippen LogP contribution < -0.4 is 9.64 Å². The van der Waals surface area contributed by atoms with E-state index in [4.69, 9.17) is 4.74 Å². The third kappa shape index (κ3) is 2.33. The van der Waals surface area contributed by atoms with Crippen molar-refractivity contribution >= 4 is 5.69 Å². The highest BCUT2D eigenvalue weighted by Crippen LogP contribution is 2.43. The van der Waals surface area contributed by atoms with Crippen molar-refractivity contribution in [2.24, 2.45) is 5.92 Å². The third-order valence-electron chi connectivity index (χ3n) is 4.50. The van der Waals surface area contributed by atoms with Gasteiger partial charge < -0.3 is 9.64 Å². The molecule has 0 amide bonds. The largest absolute Gasteiger partial charge is 0.491 e. The molecule has 1 aliphatic carbocycles. The molecule has 2 heteroatoms. The van der Waals surface area contributed by atoms with E-state index in [0.29, 0.717) is 12.0 Å². The minimum Gasteiger partial charge on any atom is -0.491 e. The predicted octanol–water partition coefficient (Wildman–Crippen LogP) is 4.24. The number of nitrogens with zero attached hydrogens (tertiary/aromatic N) is 1. The number of fused-ring (bicyclic) bond motifs is 2. The summed E-state index contributed by atoms with van der Waals surface area (Å²) in [6.07, 6.45) is 5.33. The molecule has 1 heterocycles. The summed E-state index contributed by atoms with van der Waals surface area (Å²) in [5.74, 6) is 1.74. The Balaban J connectivity index is 2.07. The molecule has 3 rings (SSSR count). The Hall–Kier alpha value is -1.18. The summed E-state index contributed by atoms with van der Waals surface area (Å²) in [7, 11) is 0. The lowest BCUT2D eigenvalue weighted by molar-refractivity contribution is 0.187. The average Bonchev–Trinajstić information content (AvgIpc) is 2.54. The van der Waals surface area contributed by atoms with Gasteiger partial charge in [0.05, 0.1) is 12.3 Å². The molecule has 0 spiro atoms. The first-order chi connectivity index (χ1) is 9.07. The number of rotatable bonds is 0. The summed E-state index contributed by atoms with van der Waals surface area (Å²) in [5.41, 5.74) is 1.42. The minimum absolute atomic E-state index is 0.143. The molecule has 2 nitrogen and oxygen atoms in total. The number of anilines is 1. The van der Waals surface area contributed by atoms with Crippen molar-refractivity contribution < 1.29 is 4.74 Å². The minimum atomic E-state index is 0.143. The highest BCUT2D eigenvalue weighted by molar-refractivity contribution is 5.61. The summed E-state index contributed by atoms with van der Waals surface area (Å²) in [6, 6.07) is 9.18. The molecular formula is C17H25NO. The lowest BCUT2D eigenvalue weighted by Crippen LogP contribution is -2.52. The zero-order valence-electron chi connectivity index (χ0n) is 12.4. The molecule has 0 saturated heterocycles. The molecule has 1 saturated carbocycles. The zero-order valence-corrected chi connectivity index (χ0v) is 12.4. The van der Waals surface area contributed by atoms with E-state index in [1.54, 1.807) is 0 Å². The quantitative estimate of drug-likeness (QED) is 0.691. The van der Waals surface area contributed by atoms with Crippen LogP contribution in [0.15, 0.2) is 24.3 Å². The molecule has 0 radical (unpaired) electrons. The van der Waals surface area contributed by atoms with Crippen molar-refractivity contribution in [3.63, 3.8) is 0 Å². The van der Waals surface area contributed by atoms with Gasteiger partial charge >= 0.3 is 0 Å². The van der Waals surface area contributed by atoms with Crippen LogP contribution >= 0.6 is 0 Å². The van der Waals surface area contributed by atoms with Gasteiger partial charge in [0.15, 0.2) is 0 Å². The Morgan fingerprint density at radius 3 is 2.63 bits per heavy atom. The van der Waals surface area contributed by atoms with Gasteiger partial charge in [0.25, 0.3) is 0 Å². The first-order valence-electron chi connectivity index (χ1n) is 7.58. The smallest absolute Gasteiger partial charge is 0.142 e. The number of ether oxygens (including phenoxy) is 1. The van der Waals surface area contributed by atoms with Crippen LogP contribution in [0.2, 0.25) is 0 Å². The van der Waals surface area contributed by atoms with Gasteiger partial charge in [-0.05, 0) is 45.7 Å². The first kappa shape index (κ1) is 12.8. The molecule has 0 N–H and O–H groups in total. The van der Waals surface area contributed by atoms with E-state index in [0.717, 1.165) is 12.4 Å². The second kappa shape index (κ2) is 4.73. The fraction of sp³-hybridized carbons (Fsp3) is 0.647. The van der Waals surface area contributed by atoms with Gasteiger partial charge in [-0.15, -0.1) is 0 Å². The van der Waals surface area contributed by atoms with Crippen LogP contribution in [0, 0.1) is 5.92 Å². The fourth-order valence-corrected chi connectivity index (χ4v) is 3.73. The Bertz CT molecular complexity index is 449. The van der Waals surface area contributed by atoms with Crippen LogP contribution in [0.5, 0.6) is 5.75 Å². The van der Waals surface area contributed by atoms with E-state index >= 15 is 0 Å². The van der Waals surface area contributed by atoms with Crippen LogP contribution in [0.25, 0.3) is 0 Å². The molecule has 1 aromatic rings. The van der Waals surface area contributed by atoms with Crippen LogP contribution in [0.4, 0.5) is 5.69 Å². The van der Waals surface area contributed by atoms with Crippen LogP contribution in [0.3, 0.4) is 0 Å². The number of hydrogen-bond donors (Lipinski definition) is 0. The SMILES string of the molecule is CC(C)(C)N1c2ccccc2OCC2CCCCC21. The van der Waals surface area contributed by atoms with Gasteiger partial charge in [-0.3, -0.25) is 0 Å². The van der Waals surface area contributed by atoms with E-state index in [-0.39, 0.29) is 5.54 Å². The van der Waals surface area contributed by atoms with Crippen molar-refractivity contribution in [3.8, 4) is 5.75 Å². The fourth-order valence-electron chi connectivity index (χ4n) is 3.73. The Kier molecular flexibility index (Phi) is 3.20. The van der Waals surface area contributed by atoms with Gasteiger partial charge in [-0.25, -0.2) is 0 Å². The highest BCUT2D eigenvalue weighted by atomic mass is 16.5. The van der Waals surface area contributed by atoms with Crippen molar-refractivity contribution in [2.75, 3.05) is 11.5 Å². The van der Waals surface area contributed by atoms with Gasteiger partial charge in [0, 0.05) is 17.5 Å². The average molecular weight is 259 g/mol. The lowest BCUT2D eigenvalue weighted by atomic mass is 9.82. The maximum atomic E-state index is 6.10. The van der Waals surface area contributed by atoms with Gasteiger partial charge in [0.2, 0.25) is 0 Å². The summed E-state index contributed by atoms with van der Waals surface area (Å²) in [4.78, 5) is 2.62. The molecule has 1 fully saturated rings. The van der Waals surface area contributed by atoms with E-state index in [1.165, 1.54) is 31.4 Å².